The summed E-state index contributed by atoms with van der Waals surface area (Å²) in [5, 5.41) is 4.41. The number of nitrogens with one attached hydrogen (secondary N) is 1. The number of aryl methyl sites for hydroxylation is 1. The molecule has 4 rings (SSSR count). The van der Waals surface area contributed by atoms with Gasteiger partial charge in [-0.3, -0.25) is 0 Å². The first-order chi connectivity index (χ1) is 12.2. The number of halogens is 1. The molecule has 5 nitrogen and oxygen atoms in total. The third-order valence-corrected chi connectivity index (χ3v) is 4.59. The van der Waals surface area contributed by atoms with Crippen molar-refractivity contribution in [2.45, 2.75) is 25.9 Å². The summed E-state index contributed by atoms with van der Waals surface area (Å²) in [5.41, 5.74) is 9.22. The number of guanidine groups is 1. The maximum absolute atomic E-state index is 6.14. The average molecular weight is 463 g/mol. The van der Waals surface area contributed by atoms with Gasteiger partial charge in [-0.25, -0.2) is 4.99 Å². The second-order valence-corrected chi connectivity index (χ2v) is 6.21. The molecule has 2 aromatic carbocycles. The van der Waals surface area contributed by atoms with E-state index in [-0.39, 0.29) is 30.0 Å². The SMILES string of the molecule is Cc1oc2ccccc2c1CN=C(N)NC1CCOc2ccccc21.I. The lowest BCUT2D eigenvalue weighted by molar-refractivity contribution is 0.262. The van der Waals surface area contributed by atoms with Crippen molar-refractivity contribution in [3.05, 3.63) is 65.4 Å². The van der Waals surface area contributed by atoms with Crippen molar-refractivity contribution >= 4 is 40.9 Å². The minimum Gasteiger partial charge on any atom is -0.493 e. The van der Waals surface area contributed by atoms with Crippen LogP contribution < -0.4 is 15.8 Å². The molecule has 2 heterocycles. The smallest absolute Gasteiger partial charge is 0.189 e. The Morgan fingerprint density at radius 3 is 2.85 bits per heavy atom. The number of rotatable bonds is 3. The van der Waals surface area contributed by atoms with Crippen LogP contribution >= 0.6 is 24.0 Å². The molecule has 6 heteroatoms. The van der Waals surface area contributed by atoms with E-state index in [0.29, 0.717) is 19.1 Å². The minimum atomic E-state index is 0. The standard InChI is InChI=1S/C20H21N3O2.HI/c1-13-16(14-6-2-5-9-19(14)25-13)12-22-20(21)23-17-10-11-24-18-8-4-3-7-15(17)18;/h2-9,17H,10-12H2,1H3,(H3,21,22,23);1H. The zero-order valence-corrected chi connectivity index (χ0v) is 16.9. The maximum atomic E-state index is 6.14. The van der Waals surface area contributed by atoms with Gasteiger partial charge in [0.25, 0.3) is 0 Å². The van der Waals surface area contributed by atoms with E-state index in [1.165, 1.54) is 0 Å². The number of nitrogens with two attached hydrogens (primary N) is 1. The van der Waals surface area contributed by atoms with Crippen LogP contribution in [-0.2, 0) is 6.54 Å². The van der Waals surface area contributed by atoms with E-state index in [4.69, 9.17) is 14.9 Å². The lowest BCUT2D eigenvalue weighted by atomic mass is 10.0. The molecule has 26 heavy (non-hydrogen) atoms. The zero-order valence-electron chi connectivity index (χ0n) is 14.6. The quantitative estimate of drug-likeness (QED) is 0.346. The van der Waals surface area contributed by atoms with Crippen molar-refractivity contribution in [1.82, 2.24) is 5.32 Å². The summed E-state index contributed by atoms with van der Waals surface area (Å²) < 4.78 is 11.5. The van der Waals surface area contributed by atoms with Crippen LogP contribution in [-0.4, -0.2) is 12.6 Å². The highest BCUT2D eigenvalue weighted by Gasteiger charge is 2.21. The second-order valence-electron chi connectivity index (χ2n) is 6.21. The average Bonchev–Trinajstić information content (AvgIpc) is 2.95. The summed E-state index contributed by atoms with van der Waals surface area (Å²) in [6.07, 6.45) is 0.862. The van der Waals surface area contributed by atoms with E-state index < -0.39 is 0 Å². The Hall–Kier alpha value is -2.22. The van der Waals surface area contributed by atoms with E-state index in [2.05, 4.69) is 22.4 Å². The fraction of sp³-hybridized carbons (Fsp3) is 0.250. The summed E-state index contributed by atoms with van der Waals surface area (Å²) >= 11 is 0. The monoisotopic (exact) mass is 463 g/mol. The third kappa shape index (κ3) is 3.65. The second kappa shape index (κ2) is 7.99. The van der Waals surface area contributed by atoms with Crippen molar-refractivity contribution in [1.29, 1.82) is 0 Å². The summed E-state index contributed by atoms with van der Waals surface area (Å²) in [6, 6.07) is 16.1. The maximum Gasteiger partial charge on any atom is 0.189 e. The molecule has 0 spiro atoms. The molecule has 0 fully saturated rings. The highest BCUT2D eigenvalue weighted by atomic mass is 127. The van der Waals surface area contributed by atoms with Gasteiger partial charge < -0.3 is 20.2 Å². The molecule has 136 valence electrons. The molecule has 1 aliphatic heterocycles. The Balaban J connectivity index is 0.00000196. The van der Waals surface area contributed by atoms with E-state index in [9.17, 15) is 0 Å². The number of fused-ring (bicyclic) bond motifs is 2. The van der Waals surface area contributed by atoms with Crippen LogP contribution in [0.2, 0.25) is 0 Å². The van der Waals surface area contributed by atoms with Crippen LogP contribution in [0, 0.1) is 6.92 Å². The van der Waals surface area contributed by atoms with Crippen molar-refractivity contribution in [3.8, 4) is 5.75 Å². The molecule has 0 saturated heterocycles. The van der Waals surface area contributed by atoms with Gasteiger partial charge in [-0.05, 0) is 19.1 Å². The Kier molecular flexibility index (Phi) is 5.70. The van der Waals surface area contributed by atoms with Gasteiger partial charge in [0.15, 0.2) is 5.96 Å². The largest absolute Gasteiger partial charge is 0.493 e. The summed E-state index contributed by atoms with van der Waals surface area (Å²) in [4.78, 5) is 4.53. The zero-order chi connectivity index (χ0) is 17.2. The Morgan fingerprint density at radius 2 is 1.96 bits per heavy atom. The Morgan fingerprint density at radius 1 is 1.19 bits per heavy atom. The summed E-state index contributed by atoms with van der Waals surface area (Å²) in [5.74, 6) is 2.23. The summed E-state index contributed by atoms with van der Waals surface area (Å²) in [6.45, 7) is 3.13. The molecule has 1 aliphatic rings. The van der Waals surface area contributed by atoms with Crippen molar-refractivity contribution in [3.63, 3.8) is 0 Å². The van der Waals surface area contributed by atoms with Crippen LogP contribution in [0.15, 0.2) is 57.9 Å². The molecule has 0 amide bonds. The highest BCUT2D eigenvalue weighted by molar-refractivity contribution is 14.0. The number of nitrogens with zero attached hydrogens (tertiary/aromatic N) is 1. The van der Waals surface area contributed by atoms with Crippen LogP contribution in [0.5, 0.6) is 5.75 Å². The van der Waals surface area contributed by atoms with E-state index in [1.54, 1.807) is 0 Å². The number of para-hydroxylation sites is 2. The third-order valence-electron chi connectivity index (χ3n) is 4.59. The highest BCUT2D eigenvalue weighted by Crippen LogP contribution is 2.31. The molecule has 1 atom stereocenters. The number of hydrogen-bond donors (Lipinski definition) is 2. The topological polar surface area (TPSA) is 72.8 Å². The van der Waals surface area contributed by atoms with Gasteiger partial charge in [0.2, 0.25) is 0 Å². The molecule has 0 radical (unpaired) electrons. The van der Waals surface area contributed by atoms with Gasteiger partial charge in [-0.2, -0.15) is 0 Å². The van der Waals surface area contributed by atoms with Gasteiger partial charge in [0.1, 0.15) is 17.1 Å². The van der Waals surface area contributed by atoms with Gasteiger partial charge in [-0.15, -0.1) is 24.0 Å². The minimum absolute atomic E-state index is 0. The Labute approximate surface area is 169 Å². The molecule has 3 aromatic rings. The van der Waals surface area contributed by atoms with Gasteiger partial charge in [0.05, 0.1) is 19.2 Å². The molecular weight excluding hydrogens is 441 g/mol. The van der Waals surface area contributed by atoms with Crippen molar-refractivity contribution < 1.29 is 9.15 Å². The van der Waals surface area contributed by atoms with Crippen LogP contribution in [0.4, 0.5) is 0 Å². The van der Waals surface area contributed by atoms with Gasteiger partial charge in [-0.1, -0.05) is 36.4 Å². The first-order valence-corrected chi connectivity index (χ1v) is 8.47. The fourth-order valence-electron chi connectivity index (χ4n) is 3.30. The van der Waals surface area contributed by atoms with Crippen molar-refractivity contribution in [2.24, 2.45) is 10.7 Å². The molecule has 1 aromatic heterocycles. The van der Waals surface area contributed by atoms with Crippen LogP contribution in [0.1, 0.15) is 29.3 Å². The molecule has 0 aliphatic carbocycles. The first kappa shape index (κ1) is 18.6. The fourth-order valence-corrected chi connectivity index (χ4v) is 3.30. The molecule has 3 N–H and O–H groups in total. The van der Waals surface area contributed by atoms with Crippen molar-refractivity contribution in [2.75, 3.05) is 6.61 Å². The number of aliphatic imine (C=N–C) groups is 1. The lowest BCUT2D eigenvalue weighted by Crippen LogP contribution is -2.37. The van der Waals surface area contributed by atoms with Gasteiger partial charge in [0, 0.05) is 22.9 Å². The molecule has 0 saturated carbocycles. The number of furan rings is 1. The first-order valence-electron chi connectivity index (χ1n) is 8.47. The predicted molar refractivity (Wildman–Crippen MR) is 114 cm³/mol. The lowest BCUT2D eigenvalue weighted by Gasteiger charge is -2.26. The molecular formula is C20H22IN3O2. The predicted octanol–water partition coefficient (Wildman–Crippen LogP) is 4.29. The summed E-state index contributed by atoms with van der Waals surface area (Å²) in [7, 11) is 0. The van der Waals surface area contributed by atoms with E-state index >= 15 is 0 Å². The van der Waals surface area contributed by atoms with Gasteiger partial charge >= 0.3 is 0 Å². The number of benzene rings is 2. The number of hydrogen-bond acceptors (Lipinski definition) is 3. The molecule has 0 bridgehead atoms. The van der Waals surface area contributed by atoms with E-state index in [0.717, 1.165) is 40.0 Å². The normalized spacial score (nSPS) is 16.5. The van der Waals surface area contributed by atoms with Crippen LogP contribution in [0.25, 0.3) is 11.0 Å². The number of ether oxygens (including phenoxy) is 1. The molecule has 1 unspecified atom stereocenters. The van der Waals surface area contributed by atoms with Crippen LogP contribution in [0.3, 0.4) is 0 Å². The van der Waals surface area contributed by atoms with E-state index in [1.807, 2.05) is 43.3 Å². The Bertz CT molecular complexity index is 936.